The maximum atomic E-state index is 13.4. The SMILES string of the molecule is [2H]c1c(OC)c(OC([2H])([2H])[2H])c([2H])c2c1C1N(C([2H])([2H])C2([2H])[2H])C([2H])([2H])C([2H])(C([2H])([2H])C([2H])(C)C([2H])([2H])[2H])C([2H])(OC(=O)[C@@H](N)C(C)C)C1([2H])[2H].[2H]c1c(OC)c(OC)c([2H])c2c1C([2H])([2H])C([2H])([2H])N1C([2H])([2H])C([2H])(C([2H])([2H])C([2H])(C)C([2H])([2H])[2H])C(OC(=O)[C@@H](N)C(C)C)C([2H])([2H])C21[2H].[2H]c1c(OC)c(OC)c([2H])c2c1C1N(C([2H])([2H])C2([2H])[2H])C([2H])([2H])C([2H])(C([2H])([2H])C([2H])(C)C([2H])([2H])[2H])C([2H])(OC(=O)[C@@H](N)C(C)C)C1([2H])[2H]. The van der Waals surface area contributed by atoms with Gasteiger partial charge in [0.05, 0.1) is 59.0 Å². The molecule has 6 aliphatic rings. The fourth-order valence-corrected chi connectivity index (χ4v) is 8.22. The minimum atomic E-state index is -4.55. The molecule has 0 radical (unpaired) electrons. The number of nitrogens with two attached hydrogens (primary N) is 3. The van der Waals surface area contributed by atoms with E-state index in [1.807, 2.05) is 0 Å². The number of fused-ring (bicyclic) bond motifs is 9. The predicted octanol–water partition coefficient (Wildman–Crippen LogP) is 10.7. The molecule has 0 aromatic heterocycles. The van der Waals surface area contributed by atoms with E-state index in [4.69, 9.17) is 113 Å². The third-order valence-corrected chi connectivity index (χ3v) is 13.2. The first-order valence-corrected chi connectivity index (χ1v) is 27.5. The molecule has 0 aliphatic carbocycles. The fraction of sp³-hybridized carbons (Fsp3) is 0.708. The highest BCUT2D eigenvalue weighted by atomic mass is 16.6. The molecule has 9 rings (SSSR count). The van der Waals surface area contributed by atoms with Gasteiger partial charge in [-0.1, -0.05) is 82.9 Å². The number of ether oxygens (including phenoxy) is 9. The minimum absolute atomic E-state index is 0.283. The summed E-state index contributed by atoms with van der Waals surface area (Å²) in [5.41, 5.74) is 10.8. The second-order valence-electron chi connectivity index (χ2n) is 20.9. The van der Waals surface area contributed by atoms with E-state index >= 15 is 0 Å². The standard InChI is InChI=1S/3C24H38N2O4/c3*1-14(2)9-17-13-26-8-7-16-10-21(28-5)22(29-6)11-18(16)19(26)12-20(17)30-24(27)23(25)15(3)4/h3*10-11,14-15,17,19-20,23H,7-9,12-13,25H2,1-6H3/t3*17?,19?,20?,23-/m000/s1/i1D3,5D3,7D2,8D2,9D2,10D,11D,12D2,13D2,14D,17D,20D;1D3,7D2,8D2,9D2,10D,11D,12D2,13D2,14D,17D,20D;1D3,7D2,8D2,9D2,10D,11D,12D2,13D2,14D,17D,19D/t3*14?,17?,19?,20?,23-. The molecule has 0 saturated carbocycles. The van der Waals surface area contributed by atoms with E-state index in [9.17, 15) is 39.1 Å². The van der Waals surface area contributed by atoms with Crippen molar-refractivity contribution >= 4 is 17.9 Å². The normalized spacial score (nSPS) is 48.8. The van der Waals surface area contributed by atoms with Crippen molar-refractivity contribution in [2.45, 2.75) is 195 Å². The first-order chi connectivity index (χ1) is 64.7. The zero-order chi connectivity index (χ0) is 116. The van der Waals surface area contributed by atoms with Crippen LogP contribution in [0.5, 0.6) is 34.5 Å². The van der Waals surface area contributed by atoms with Crippen LogP contribution in [0.15, 0.2) is 36.3 Å². The third-order valence-electron chi connectivity index (χ3n) is 13.2. The highest BCUT2D eigenvalue weighted by Crippen LogP contribution is 2.48. The average Bonchev–Trinajstić information content (AvgIpc) is 0.644. The molecule has 3 fully saturated rings. The molecule has 0 bridgehead atoms. The molecule has 6 N–H and O–H groups in total. The van der Waals surface area contributed by atoms with Crippen LogP contribution < -0.4 is 45.6 Å². The molecule has 18 heteroatoms. The summed E-state index contributed by atoms with van der Waals surface area (Å²) in [4.78, 5) is 39.0. The van der Waals surface area contributed by atoms with Gasteiger partial charge in [0, 0.05) is 156 Å². The number of rotatable bonds is 21. The van der Waals surface area contributed by atoms with Gasteiger partial charge in [-0.15, -0.1) is 0 Å². The number of carbonyl (C=O) groups excluding carboxylic acids is 3. The molecule has 6 aliphatic heterocycles. The Morgan fingerprint density at radius 2 is 0.844 bits per heavy atom. The van der Waals surface area contributed by atoms with E-state index in [1.165, 1.54) is 41.5 Å². The average molecular weight is 1310 g/mol. The quantitative estimate of drug-likeness (QED) is 0.0666. The van der Waals surface area contributed by atoms with Crippen LogP contribution in [0, 0.1) is 53.1 Å². The van der Waals surface area contributed by atoms with Crippen LogP contribution in [-0.2, 0) is 47.7 Å². The summed E-state index contributed by atoms with van der Waals surface area (Å²) in [5.74, 6) is -36.1. The van der Waals surface area contributed by atoms with Crippen molar-refractivity contribution in [1.82, 2.24) is 14.7 Å². The van der Waals surface area contributed by atoms with Crippen molar-refractivity contribution in [2.24, 2.45) is 70.3 Å². The Balaban J connectivity index is 0.000000299. The van der Waals surface area contributed by atoms with Crippen LogP contribution in [0.25, 0.3) is 0 Å². The molecule has 0 amide bonds. The Kier molecular flexibility index (Phi) is 9.80. The first-order valence-electron chi connectivity index (χ1n) is 56.0. The number of piperidine rings is 3. The summed E-state index contributed by atoms with van der Waals surface area (Å²) in [5, 5.41) is 0. The maximum absolute atomic E-state index is 13.4. The zero-order valence-electron chi connectivity index (χ0n) is 109. The van der Waals surface area contributed by atoms with Crippen LogP contribution >= 0.6 is 0 Å². The van der Waals surface area contributed by atoms with E-state index in [2.05, 4.69) is 0 Å². The predicted molar refractivity (Wildman–Crippen MR) is 353 cm³/mol. The Morgan fingerprint density at radius 1 is 0.511 bits per heavy atom. The van der Waals surface area contributed by atoms with E-state index in [0.717, 1.165) is 35.5 Å². The van der Waals surface area contributed by atoms with Gasteiger partial charge in [-0.3, -0.25) is 29.1 Å². The molecule has 0 spiro atoms. The monoisotopic (exact) mass is 1310 g/mol. The van der Waals surface area contributed by atoms with Crippen molar-refractivity contribution < 1.29 is 135 Å². The van der Waals surface area contributed by atoms with Gasteiger partial charge in [0.1, 0.15) is 36.4 Å². The third kappa shape index (κ3) is 17.5. The zero-order valence-corrected chi connectivity index (χ0v) is 51.7. The van der Waals surface area contributed by atoms with E-state index in [1.54, 1.807) is 0 Å². The Morgan fingerprint density at radius 3 is 1.22 bits per heavy atom. The van der Waals surface area contributed by atoms with Gasteiger partial charge in [-0.25, -0.2) is 0 Å². The summed E-state index contributed by atoms with van der Waals surface area (Å²) < 4.78 is 546. The molecule has 504 valence electrons. The van der Waals surface area contributed by atoms with Crippen molar-refractivity contribution in [2.75, 3.05) is 81.6 Å². The van der Waals surface area contributed by atoms with E-state index < -0.39 is 358 Å². The second kappa shape index (κ2) is 32.5. The number of carbonyl (C=O) groups is 3. The first kappa shape index (κ1) is 27.2. The summed E-state index contributed by atoms with van der Waals surface area (Å²) in [6, 6.07) is -21.2. The second-order valence-corrected chi connectivity index (χ2v) is 20.9. The highest BCUT2D eigenvalue weighted by Gasteiger charge is 2.45. The van der Waals surface area contributed by atoms with Crippen molar-refractivity contribution in [3.05, 3.63) is 69.6 Å². The lowest BCUT2D eigenvalue weighted by Gasteiger charge is -2.47. The number of hydrogen-bond acceptors (Lipinski definition) is 18. The van der Waals surface area contributed by atoms with Crippen LogP contribution in [0.2, 0.25) is 0 Å². The lowest BCUT2D eigenvalue weighted by molar-refractivity contribution is -0.161. The summed E-state index contributed by atoms with van der Waals surface area (Å²) in [7, 11) is 1.46. The molecular weight excluding hydrogens is 1140 g/mol. The van der Waals surface area contributed by atoms with E-state index in [-0.39, 0.29) is 9.80 Å². The number of esters is 3. The van der Waals surface area contributed by atoms with Crippen molar-refractivity contribution in [3.8, 4) is 34.5 Å². The molecule has 15 atom stereocenters. The van der Waals surface area contributed by atoms with Gasteiger partial charge in [-0.05, 0) is 143 Å². The Labute approximate surface area is 619 Å². The number of benzene rings is 3. The molecule has 3 aromatic rings. The molecule has 6 heterocycles. The fourth-order valence-electron chi connectivity index (χ4n) is 8.22. The van der Waals surface area contributed by atoms with Crippen LogP contribution in [0.1, 0.15) is 251 Å². The largest absolute Gasteiger partial charge is 0.493 e. The summed E-state index contributed by atoms with van der Waals surface area (Å²) in [6.45, 7) is -26.5. The molecule has 90 heavy (non-hydrogen) atoms. The summed E-state index contributed by atoms with van der Waals surface area (Å²) in [6.07, 6.45) is -47.9. The van der Waals surface area contributed by atoms with Crippen molar-refractivity contribution in [3.63, 3.8) is 0 Å². The lowest BCUT2D eigenvalue weighted by Crippen LogP contribution is -2.51. The maximum Gasteiger partial charge on any atom is 0.323 e. The van der Waals surface area contributed by atoms with Gasteiger partial charge in [0.15, 0.2) is 34.5 Å². The van der Waals surface area contributed by atoms with Crippen LogP contribution in [0.3, 0.4) is 0 Å². The van der Waals surface area contributed by atoms with Gasteiger partial charge in [0.2, 0.25) is 0 Å². The van der Waals surface area contributed by atoms with E-state index in [0.29, 0.717) is 20.8 Å². The molecule has 3 aromatic carbocycles. The summed E-state index contributed by atoms with van der Waals surface area (Å²) >= 11 is 0. The minimum Gasteiger partial charge on any atom is -0.493 e. The van der Waals surface area contributed by atoms with Crippen LogP contribution in [0.4, 0.5) is 0 Å². The molecule has 3 saturated heterocycles. The number of hydrogen-bond donors (Lipinski definition) is 3. The van der Waals surface area contributed by atoms with Crippen molar-refractivity contribution in [1.29, 1.82) is 0 Å². The van der Waals surface area contributed by atoms with Gasteiger partial charge < -0.3 is 59.8 Å². The van der Waals surface area contributed by atoms with Crippen LogP contribution in [-0.4, -0.2) is 151 Å². The molecule has 18 nitrogen and oxygen atoms in total. The Bertz CT molecular complexity index is 5590. The highest BCUT2D eigenvalue weighted by molar-refractivity contribution is 5.77. The topological polar surface area (TPSA) is 222 Å². The van der Waals surface area contributed by atoms with Gasteiger partial charge >= 0.3 is 17.9 Å². The lowest BCUT2D eigenvalue weighted by atomic mass is 9.79. The molecular formula is C72H114N6O12. The molecule has 12 unspecified atom stereocenters. The Hall–Kier alpha value is -5.37. The van der Waals surface area contributed by atoms with Gasteiger partial charge in [0.25, 0.3) is 0 Å². The smallest absolute Gasteiger partial charge is 0.323 e. The number of methoxy groups -OCH3 is 6. The number of nitrogens with zero attached hydrogens (tertiary/aromatic N) is 3. The van der Waals surface area contributed by atoms with Gasteiger partial charge in [-0.2, -0.15) is 0 Å².